The summed E-state index contributed by atoms with van der Waals surface area (Å²) in [5.74, 6) is -0.622. The second-order valence-electron chi connectivity index (χ2n) is 6.15. The second-order valence-corrected chi connectivity index (χ2v) is 6.15. The Bertz CT molecular complexity index is 588. The molecule has 2 rings (SSSR count). The number of hydrogen-bond donors (Lipinski definition) is 2. The number of nitrogens with one attached hydrogen (secondary N) is 2. The van der Waals surface area contributed by atoms with E-state index >= 15 is 0 Å². The van der Waals surface area contributed by atoms with Gasteiger partial charge in [0.1, 0.15) is 5.82 Å². The van der Waals surface area contributed by atoms with Crippen molar-refractivity contribution in [1.82, 2.24) is 10.6 Å². The molecular formula is C18H24N2O5. The minimum absolute atomic E-state index is 0.0830. The Labute approximate surface area is 147 Å². The van der Waals surface area contributed by atoms with Gasteiger partial charge in [0.15, 0.2) is 0 Å². The highest BCUT2D eigenvalue weighted by molar-refractivity contribution is 5.92. The molecule has 0 radical (unpaired) electrons. The third-order valence-electron chi connectivity index (χ3n) is 4.05. The van der Waals surface area contributed by atoms with Crippen LogP contribution in [0.25, 0.3) is 0 Å². The lowest BCUT2D eigenvalue weighted by molar-refractivity contribution is -0.141. The van der Waals surface area contributed by atoms with Crippen LogP contribution in [0.3, 0.4) is 0 Å². The highest BCUT2D eigenvalue weighted by Crippen LogP contribution is 2.23. The molecule has 136 valence electrons. The molecule has 0 aromatic heterocycles. The summed E-state index contributed by atoms with van der Waals surface area (Å²) in [5.41, 5.74) is 0.609. The van der Waals surface area contributed by atoms with Crippen LogP contribution >= 0.6 is 0 Å². The SMILES string of the molecule is C=C1NC(=O)C=C(CCOC(=O)/C=C/C(=O)OCC2CCCCC2)N1. The van der Waals surface area contributed by atoms with Crippen LogP contribution in [0.4, 0.5) is 0 Å². The van der Waals surface area contributed by atoms with Crippen LogP contribution in [0.5, 0.6) is 0 Å². The van der Waals surface area contributed by atoms with Gasteiger partial charge in [-0.15, -0.1) is 0 Å². The van der Waals surface area contributed by atoms with Crippen molar-refractivity contribution in [2.45, 2.75) is 38.5 Å². The lowest BCUT2D eigenvalue weighted by Gasteiger charge is -2.20. The molecular weight excluding hydrogens is 324 g/mol. The Morgan fingerprint density at radius 2 is 1.80 bits per heavy atom. The van der Waals surface area contributed by atoms with Crippen molar-refractivity contribution < 1.29 is 23.9 Å². The minimum atomic E-state index is -0.630. The molecule has 1 fully saturated rings. The summed E-state index contributed by atoms with van der Waals surface area (Å²) in [4.78, 5) is 34.4. The van der Waals surface area contributed by atoms with Gasteiger partial charge in [0.2, 0.25) is 0 Å². The van der Waals surface area contributed by atoms with Crippen molar-refractivity contribution in [2.75, 3.05) is 13.2 Å². The molecule has 7 heteroatoms. The molecule has 1 saturated carbocycles. The number of carbonyl (C=O) groups is 3. The summed E-state index contributed by atoms with van der Waals surface area (Å²) in [7, 11) is 0. The van der Waals surface area contributed by atoms with Crippen LogP contribution in [0.2, 0.25) is 0 Å². The van der Waals surface area contributed by atoms with Gasteiger partial charge < -0.3 is 20.1 Å². The molecule has 0 atom stereocenters. The van der Waals surface area contributed by atoms with Crippen LogP contribution in [0.1, 0.15) is 38.5 Å². The first kappa shape index (κ1) is 18.8. The van der Waals surface area contributed by atoms with Gasteiger partial charge in [-0.1, -0.05) is 25.8 Å². The number of rotatable bonds is 7. The van der Waals surface area contributed by atoms with Crippen molar-refractivity contribution in [1.29, 1.82) is 0 Å². The van der Waals surface area contributed by atoms with Crippen molar-refractivity contribution in [3.63, 3.8) is 0 Å². The first-order chi connectivity index (χ1) is 12.0. The normalized spacial score (nSPS) is 18.3. The summed E-state index contributed by atoms with van der Waals surface area (Å²) >= 11 is 0. The van der Waals surface area contributed by atoms with Crippen molar-refractivity contribution in [2.24, 2.45) is 5.92 Å². The number of amides is 1. The predicted octanol–water partition coefficient (Wildman–Crippen LogP) is 1.67. The molecule has 0 aromatic rings. The third kappa shape index (κ3) is 7.24. The van der Waals surface area contributed by atoms with Gasteiger partial charge >= 0.3 is 11.9 Å². The quantitative estimate of drug-likeness (QED) is 0.537. The van der Waals surface area contributed by atoms with Crippen LogP contribution in [0.15, 0.2) is 36.3 Å². The third-order valence-corrected chi connectivity index (χ3v) is 4.05. The van der Waals surface area contributed by atoms with Gasteiger partial charge in [0.25, 0.3) is 5.91 Å². The monoisotopic (exact) mass is 348 g/mol. The Balaban J connectivity index is 1.62. The Morgan fingerprint density at radius 1 is 1.12 bits per heavy atom. The molecule has 2 aliphatic rings. The van der Waals surface area contributed by atoms with E-state index in [0.29, 0.717) is 30.5 Å². The van der Waals surface area contributed by atoms with E-state index in [2.05, 4.69) is 17.2 Å². The van der Waals surface area contributed by atoms with Crippen molar-refractivity contribution >= 4 is 17.8 Å². The molecule has 0 unspecified atom stereocenters. The minimum Gasteiger partial charge on any atom is -0.462 e. The van der Waals surface area contributed by atoms with Crippen molar-refractivity contribution in [3.05, 3.63) is 36.3 Å². The van der Waals surface area contributed by atoms with Crippen molar-refractivity contribution in [3.8, 4) is 0 Å². The highest BCUT2D eigenvalue weighted by atomic mass is 16.5. The topological polar surface area (TPSA) is 93.7 Å². The van der Waals surface area contributed by atoms with E-state index in [1.807, 2.05) is 0 Å². The molecule has 2 N–H and O–H groups in total. The Kier molecular flexibility index (Phi) is 7.25. The predicted molar refractivity (Wildman–Crippen MR) is 90.8 cm³/mol. The van der Waals surface area contributed by atoms with E-state index in [-0.39, 0.29) is 12.5 Å². The van der Waals surface area contributed by atoms with E-state index in [1.165, 1.54) is 25.3 Å². The summed E-state index contributed by atoms with van der Waals surface area (Å²) < 4.78 is 10.1. The Hall–Kier alpha value is -2.57. The molecule has 0 saturated heterocycles. The second kappa shape index (κ2) is 9.66. The Morgan fingerprint density at radius 3 is 2.48 bits per heavy atom. The molecule has 0 spiro atoms. The van der Waals surface area contributed by atoms with Gasteiger partial charge in [-0.25, -0.2) is 9.59 Å². The fourth-order valence-electron chi connectivity index (χ4n) is 2.79. The molecule has 25 heavy (non-hydrogen) atoms. The number of esters is 2. The largest absolute Gasteiger partial charge is 0.462 e. The standard InChI is InChI=1S/C18H24N2O5/c1-13-19-15(11-16(21)20-13)9-10-24-17(22)7-8-18(23)25-12-14-5-3-2-4-6-14/h7-8,11,14,19H,1-6,9-10,12H2,(H,20,21)/b8-7+. The zero-order valence-electron chi connectivity index (χ0n) is 14.2. The first-order valence-corrected chi connectivity index (χ1v) is 8.52. The van der Waals surface area contributed by atoms with Gasteiger partial charge in [0.05, 0.1) is 13.2 Å². The average Bonchev–Trinajstić information content (AvgIpc) is 2.58. The molecule has 1 amide bonds. The van der Waals surface area contributed by atoms with Crippen LogP contribution in [0, 0.1) is 5.92 Å². The molecule has 1 aliphatic carbocycles. The zero-order valence-corrected chi connectivity index (χ0v) is 14.2. The van der Waals surface area contributed by atoms with Crippen LogP contribution in [-0.4, -0.2) is 31.1 Å². The van der Waals surface area contributed by atoms with E-state index in [4.69, 9.17) is 9.47 Å². The molecule has 0 aromatic carbocycles. The number of ether oxygens (including phenoxy) is 2. The maximum Gasteiger partial charge on any atom is 0.331 e. The average molecular weight is 348 g/mol. The van der Waals surface area contributed by atoms with Crippen LogP contribution < -0.4 is 10.6 Å². The smallest absolute Gasteiger partial charge is 0.331 e. The zero-order chi connectivity index (χ0) is 18.1. The van der Waals surface area contributed by atoms with E-state index in [1.54, 1.807) is 0 Å². The van der Waals surface area contributed by atoms with E-state index < -0.39 is 11.9 Å². The molecule has 7 nitrogen and oxygen atoms in total. The first-order valence-electron chi connectivity index (χ1n) is 8.52. The molecule has 0 bridgehead atoms. The fraction of sp³-hybridized carbons (Fsp3) is 0.500. The van der Waals surface area contributed by atoms with Gasteiger partial charge in [0, 0.05) is 30.3 Å². The molecule has 1 aliphatic heterocycles. The lowest BCUT2D eigenvalue weighted by Crippen LogP contribution is -2.35. The summed E-state index contributed by atoms with van der Waals surface area (Å²) in [6.45, 7) is 4.09. The van der Waals surface area contributed by atoms with E-state index in [0.717, 1.165) is 25.0 Å². The molecule has 1 heterocycles. The lowest BCUT2D eigenvalue weighted by atomic mass is 9.90. The van der Waals surface area contributed by atoms with Gasteiger partial charge in [-0.3, -0.25) is 4.79 Å². The van der Waals surface area contributed by atoms with E-state index in [9.17, 15) is 14.4 Å². The maximum absolute atomic E-state index is 11.6. The maximum atomic E-state index is 11.6. The fourth-order valence-corrected chi connectivity index (χ4v) is 2.79. The van der Waals surface area contributed by atoms with Crippen LogP contribution in [-0.2, 0) is 23.9 Å². The number of hydrogen-bond acceptors (Lipinski definition) is 6. The van der Waals surface area contributed by atoms with Gasteiger partial charge in [-0.05, 0) is 18.8 Å². The summed E-state index contributed by atoms with van der Waals surface area (Å²) in [6.07, 6.45) is 9.66. The summed E-state index contributed by atoms with van der Waals surface area (Å²) in [5, 5.41) is 5.36. The highest BCUT2D eigenvalue weighted by Gasteiger charge is 2.15. The summed E-state index contributed by atoms with van der Waals surface area (Å²) in [6, 6.07) is 0. The van der Waals surface area contributed by atoms with Gasteiger partial charge in [-0.2, -0.15) is 0 Å². The number of carbonyl (C=O) groups excluding carboxylic acids is 3.